The molecule has 2 aliphatic heterocycles. The first kappa shape index (κ1) is 16.6. The SMILES string of the molecule is Cn1cc(C(=O)N2CC[C@]3(CCCN(C4CCCCC4)C3=O)C2)cn1. The van der Waals surface area contributed by atoms with E-state index in [2.05, 4.69) is 10.00 Å². The van der Waals surface area contributed by atoms with E-state index in [1.54, 1.807) is 17.1 Å². The van der Waals surface area contributed by atoms with Crippen molar-refractivity contribution in [3.8, 4) is 0 Å². The van der Waals surface area contributed by atoms with Crippen LogP contribution in [0.25, 0.3) is 0 Å². The summed E-state index contributed by atoms with van der Waals surface area (Å²) in [5.41, 5.74) is 0.278. The standard InChI is InChI=1S/C19H28N4O2/c1-21-13-15(12-20-21)17(24)22-11-9-19(14-22)8-5-10-23(18(19)25)16-6-3-2-4-7-16/h12-13,16H,2-11,14H2,1H3/t19-/m1/s1. The van der Waals surface area contributed by atoms with Crippen LogP contribution < -0.4 is 0 Å². The highest BCUT2D eigenvalue weighted by atomic mass is 16.2. The van der Waals surface area contributed by atoms with Gasteiger partial charge in [0.05, 0.1) is 17.2 Å². The van der Waals surface area contributed by atoms with Crippen LogP contribution in [0, 0.1) is 5.41 Å². The Hall–Kier alpha value is -1.85. The van der Waals surface area contributed by atoms with E-state index in [1.807, 2.05) is 11.9 Å². The lowest BCUT2D eigenvalue weighted by molar-refractivity contribution is -0.149. The molecule has 0 radical (unpaired) electrons. The molecule has 1 aromatic rings. The number of rotatable bonds is 2. The van der Waals surface area contributed by atoms with Gasteiger partial charge in [0.15, 0.2) is 0 Å². The van der Waals surface area contributed by atoms with Gasteiger partial charge >= 0.3 is 0 Å². The Balaban J connectivity index is 1.48. The fraction of sp³-hybridized carbons (Fsp3) is 0.737. The van der Waals surface area contributed by atoms with Gasteiger partial charge in [0.25, 0.3) is 5.91 Å². The minimum absolute atomic E-state index is 0.00700. The molecule has 2 amide bonds. The van der Waals surface area contributed by atoms with E-state index in [0.29, 0.717) is 30.6 Å². The number of piperidine rings is 1. The summed E-state index contributed by atoms with van der Waals surface area (Å²) in [7, 11) is 1.81. The quantitative estimate of drug-likeness (QED) is 0.826. The molecule has 1 saturated carbocycles. The molecule has 3 aliphatic rings. The van der Waals surface area contributed by atoms with Crippen LogP contribution in [0.15, 0.2) is 12.4 Å². The van der Waals surface area contributed by atoms with Crippen molar-refractivity contribution in [2.75, 3.05) is 19.6 Å². The van der Waals surface area contributed by atoms with E-state index in [-0.39, 0.29) is 11.3 Å². The van der Waals surface area contributed by atoms with Crippen LogP contribution in [-0.4, -0.2) is 57.1 Å². The van der Waals surface area contributed by atoms with Crippen LogP contribution in [0.2, 0.25) is 0 Å². The van der Waals surface area contributed by atoms with Crippen molar-refractivity contribution >= 4 is 11.8 Å². The van der Waals surface area contributed by atoms with E-state index in [1.165, 1.54) is 19.3 Å². The largest absolute Gasteiger partial charge is 0.339 e. The summed E-state index contributed by atoms with van der Waals surface area (Å²) < 4.78 is 1.65. The maximum atomic E-state index is 13.3. The molecule has 6 nitrogen and oxygen atoms in total. The summed E-state index contributed by atoms with van der Waals surface area (Å²) >= 11 is 0. The van der Waals surface area contributed by atoms with E-state index in [9.17, 15) is 9.59 Å². The molecule has 0 bridgehead atoms. The van der Waals surface area contributed by atoms with Crippen LogP contribution >= 0.6 is 0 Å². The van der Waals surface area contributed by atoms with Gasteiger partial charge in [-0.25, -0.2) is 0 Å². The Kier molecular flexibility index (Phi) is 4.29. The Bertz CT molecular complexity index is 664. The zero-order chi connectivity index (χ0) is 17.4. The average Bonchev–Trinajstić information content (AvgIpc) is 3.25. The molecule has 2 saturated heterocycles. The zero-order valence-electron chi connectivity index (χ0n) is 15.1. The van der Waals surface area contributed by atoms with Crippen molar-refractivity contribution < 1.29 is 9.59 Å². The van der Waals surface area contributed by atoms with Gasteiger partial charge in [0, 0.05) is 38.9 Å². The molecule has 6 heteroatoms. The second-order valence-electron chi connectivity index (χ2n) is 8.05. The van der Waals surface area contributed by atoms with Crippen molar-refractivity contribution in [2.24, 2.45) is 12.5 Å². The summed E-state index contributed by atoms with van der Waals surface area (Å²) in [5, 5.41) is 4.10. The van der Waals surface area contributed by atoms with Crippen molar-refractivity contribution in [3.05, 3.63) is 18.0 Å². The first-order valence-corrected chi connectivity index (χ1v) is 9.68. The normalized spacial score (nSPS) is 28.1. The van der Waals surface area contributed by atoms with Crippen molar-refractivity contribution in [1.82, 2.24) is 19.6 Å². The molecule has 3 heterocycles. The molecular weight excluding hydrogens is 316 g/mol. The lowest BCUT2D eigenvalue weighted by Gasteiger charge is -2.44. The predicted molar refractivity (Wildman–Crippen MR) is 94.0 cm³/mol. The topological polar surface area (TPSA) is 58.4 Å². The molecular formula is C19H28N4O2. The van der Waals surface area contributed by atoms with Crippen molar-refractivity contribution in [2.45, 2.75) is 57.4 Å². The van der Waals surface area contributed by atoms with Crippen molar-refractivity contribution in [1.29, 1.82) is 0 Å². The highest BCUT2D eigenvalue weighted by Crippen LogP contribution is 2.42. The molecule has 0 unspecified atom stereocenters. The smallest absolute Gasteiger partial charge is 0.257 e. The third kappa shape index (κ3) is 2.96. The number of likely N-dealkylation sites (tertiary alicyclic amines) is 2. The first-order chi connectivity index (χ1) is 12.1. The third-order valence-corrected chi connectivity index (χ3v) is 6.38. The highest BCUT2D eigenvalue weighted by Gasteiger charge is 2.50. The van der Waals surface area contributed by atoms with Crippen LogP contribution in [0.1, 0.15) is 61.7 Å². The number of hydrogen-bond acceptors (Lipinski definition) is 3. The lowest BCUT2D eigenvalue weighted by atomic mass is 9.77. The van der Waals surface area contributed by atoms with Crippen LogP contribution in [-0.2, 0) is 11.8 Å². The van der Waals surface area contributed by atoms with Crippen molar-refractivity contribution in [3.63, 3.8) is 0 Å². The summed E-state index contributed by atoms with van der Waals surface area (Å²) in [4.78, 5) is 30.1. The maximum Gasteiger partial charge on any atom is 0.257 e. The van der Waals surface area contributed by atoms with E-state index in [0.717, 1.165) is 38.6 Å². The number of carbonyl (C=O) groups excluding carboxylic acids is 2. The lowest BCUT2D eigenvalue weighted by Crippen LogP contribution is -2.54. The molecule has 25 heavy (non-hydrogen) atoms. The molecule has 0 N–H and O–H groups in total. The van der Waals surface area contributed by atoms with E-state index >= 15 is 0 Å². The average molecular weight is 344 g/mol. The first-order valence-electron chi connectivity index (χ1n) is 9.68. The van der Waals surface area contributed by atoms with Gasteiger partial charge in [-0.15, -0.1) is 0 Å². The summed E-state index contributed by atoms with van der Waals surface area (Å²) in [6.07, 6.45) is 12.3. The van der Waals surface area contributed by atoms with Gasteiger partial charge in [-0.2, -0.15) is 5.10 Å². The van der Waals surface area contributed by atoms with Crippen LogP contribution in [0.5, 0.6) is 0 Å². The number of amides is 2. The van der Waals surface area contributed by atoms with Gasteiger partial charge < -0.3 is 9.80 Å². The maximum absolute atomic E-state index is 13.3. The number of aromatic nitrogens is 2. The minimum atomic E-state index is -0.340. The summed E-state index contributed by atoms with van der Waals surface area (Å²) in [6.45, 7) is 2.16. The zero-order valence-corrected chi connectivity index (χ0v) is 15.1. The predicted octanol–water partition coefficient (Wildman–Crippen LogP) is 2.21. The second-order valence-corrected chi connectivity index (χ2v) is 8.05. The number of aryl methyl sites for hydroxylation is 1. The fourth-order valence-electron chi connectivity index (χ4n) is 4.98. The Morgan fingerprint density at radius 2 is 1.96 bits per heavy atom. The fourth-order valence-corrected chi connectivity index (χ4v) is 4.98. The van der Waals surface area contributed by atoms with Gasteiger partial charge in [-0.05, 0) is 32.1 Å². The number of hydrogen-bond donors (Lipinski definition) is 0. The third-order valence-electron chi connectivity index (χ3n) is 6.38. The van der Waals surface area contributed by atoms with Crippen LogP contribution in [0.4, 0.5) is 0 Å². The van der Waals surface area contributed by atoms with Gasteiger partial charge in [0.2, 0.25) is 5.91 Å². The van der Waals surface area contributed by atoms with Crippen LogP contribution in [0.3, 0.4) is 0 Å². The van der Waals surface area contributed by atoms with E-state index in [4.69, 9.17) is 0 Å². The molecule has 1 atom stereocenters. The van der Waals surface area contributed by atoms with Gasteiger partial charge in [-0.3, -0.25) is 14.3 Å². The number of nitrogens with zero attached hydrogens (tertiary/aromatic N) is 4. The Morgan fingerprint density at radius 3 is 2.68 bits per heavy atom. The molecule has 0 aromatic carbocycles. The molecule has 1 spiro atoms. The number of carbonyl (C=O) groups is 2. The molecule has 1 aromatic heterocycles. The molecule has 1 aliphatic carbocycles. The summed E-state index contributed by atoms with van der Waals surface area (Å²) in [6, 6.07) is 0.432. The highest BCUT2D eigenvalue weighted by molar-refractivity contribution is 5.95. The Morgan fingerprint density at radius 1 is 1.16 bits per heavy atom. The van der Waals surface area contributed by atoms with E-state index < -0.39 is 0 Å². The molecule has 3 fully saturated rings. The monoisotopic (exact) mass is 344 g/mol. The van der Waals surface area contributed by atoms with Gasteiger partial charge in [-0.1, -0.05) is 19.3 Å². The Labute approximate surface area is 149 Å². The van der Waals surface area contributed by atoms with Gasteiger partial charge in [0.1, 0.15) is 0 Å². The second kappa shape index (κ2) is 6.46. The molecule has 136 valence electrons. The molecule has 4 rings (SSSR count). The minimum Gasteiger partial charge on any atom is -0.339 e. The summed E-state index contributed by atoms with van der Waals surface area (Å²) in [5.74, 6) is 0.319.